The summed E-state index contributed by atoms with van der Waals surface area (Å²) in [4.78, 5) is 0. The third kappa shape index (κ3) is 1.90. The van der Waals surface area contributed by atoms with Crippen LogP contribution in [-0.2, 0) is 6.42 Å². The Morgan fingerprint density at radius 1 is 0.900 bits per heavy atom. The first-order chi connectivity index (χ1) is 9.93. The summed E-state index contributed by atoms with van der Waals surface area (Å²) in [6.07, 6.45) is 2.37. The molecule has 20 heavy (non-hydrogen) atoms. The fourth-order valence-electron chi connectivity index (χ4n) is 3.68. The van der Waals surface area contributed by atoms with Crippen LogP contribution in [0.4, 0.5) is 0 Å². The molecule has 0 bridgehead atoms. The molecule has 1 heterocycles. The van der Waals surface area contributed by atoms with Crippen LogP contribution >= 0.6 is 0 Å². The highest BCUT2D eigenvalue weighted by Crippen LogP contribution is 2.40. The summed E-state index contributed by atoms with van der Waals surface area (Å²) in [6, 6.07) is 19.8. The zero-order chi connectivity index (χ0) is 13.4. The lowest BCUT2D eigenvalue weighted by atomic mass is 9.74. The minimum atomic E-state index is 0.675. The van der Waals surface area contributed by atoms with Crippen molar-refractivity contribution in [1.29, 1.82) is 0 Å². The van der Waals surface area contributed by atoms with E-state index in [2.05, 4.69) is 59.9 Å². The fraction of sp³-hybridized carbons (Fsp3) is 0.263. The van der Waals surface area contributed by atoms with E-state index in [0.29, 0.717) is 5.92 Å². The summed E-state index contributed by atoms with van der Waals surface area (Å²) in [5, 5.41) is 3.55. The van der Waals surface area contributed by atoms with Crippen molar-refractivity contribution in [3.8, 4) is 0 Å². The molecule has 0 spiro atoms. The van der Waals surface area contributed by atoms with Crippen LogP contribution in [0, 0.1) is 5.92 Å². The Hall–Kier alpha value is -1.86. The van der Waals surface area contributed by atoms with E-state index in [1.165, 1.54) is 35.1 Å². The number of rotatable bonds is 1. The average Bonchev–Trinajstić information content (AvgIpc) is 2.53. The molecule has 4 rings (SSSR count). The van der Waals surface area contributed by atoms with Gasteiger partial charge in [0.05, 0.1) is 0 Å². The lowest BCUT2D eigenvalue weighted by Crippen LogP contribution is -2.35. The van der Waals surface area contributed by atoms with E-state index in [1.54, 1.807) is 5.57 Å². The maximum atomic E-state index is 3.55. The maximum Gasteiger partial charge on any atom is 0.00205 e. The quantitative estimate of drug-likeness (QED) is 0.826. The molecule has 1 atom stereocenters. The van der Waals surface area contributed by atoms with Crippen LogP contribution < -0.4 is 5.32 Å². The predicted octanol–water partition coefficient (Wildman–Crippen LogP) is 3.65. The summed E-state index contributed by atoms with van der Waals surface area (Å²) in [5.41, 5.74) is 7.49. The van der Waals surface area contributed by atoms with Crippen LogP contribution in [0.15, 0.2) is 60.2 Å². The van der Waals surface area contributed by atoms with Gasteiger partial charge >= 0.3 is 0 Å². The summed E-state index contributed by atoms with van der Waals surface area (Å²) in [6.45, 7) is 2.24. The van der Waals surface area contributed by atoms with Gasteiger partial charge in [-0.1, -0.05) is 60.2 Å². The van der Waals surface area contributed by atoms with Crippen molar-refractivity contribution in [3.63, 3.8) is 0 Å². The normalized spacial score (nSPS) is 21.3. The molecule has 0 radical (unpaired) electrons. The topological polar surface area (TPSA) is 12.0 Å². The first kappa shape index (κ1) is 11.9. The van der Waals surface area contributed by atoms with Crippen LogP contribution in [0.5, 0.6) is 0 Å². The second-order valence-electron chi connectivity index (χ2n) is 5.78. The van der Waals surface area contributed by atoms with Gasteiger partial charge in [0.25, 0.3) is 0 Å². The summed E-state index contributed by atoms with van der Waals surface area (Å²) >= 11 is 0. The van der Waals surface area contributed by atoms with Gasteiger partial charge in [-0.25, -0.2) is 0 Å². The maximum absolute atomic E-state index is 3.55. The molecule has 1 fully saturated rings. The molecule has 2 aromatic rings. The fourth-order valence-corrected chi connectivity index (χ4v) is 3.68. The Morgan fingerprint density at radius 2 is 1.70 bits per heavy atom. The largest absolute Gasteiger partial charge is 0.316 e. The molecule has 1 nitrogen and oxygen atoms in total. The van der Waals surface area contributed by atoms with Crippen molar-refractivity contribution in [2.75, 3.05) is 13.1 Å². The molecular formula is C19H19N. The van der Waals surface area contributed by atoms with Crippen molar-refractivity contribution in [3.05, 3.63) is 76.9 Å². The van der Waals surface area contributed by atoms with Crippen molar-refractivity contribution in [2.45, 2.75) is 12.8 Å². The molecule has 1 aliphatic carbocycles. The molecule has 2 aliphatic rings. The number of hydrogen-bond donors (Lipinski definition) is 1. The zero-order valence-corrected chi connectivity index (χ0v) is 11.6. The highest BCUT2D eigenvalue weighted by molar-refractivity contribution is 5.85. The molecule has 0 amide bonds. The van der Waals surface area contributed by atoms with Gasteiger partial charge in [0.2, 0.25) is 0 Å². The molecule has 0 saturated carbocycles. The van der Waals surface area contributed by atoms with Gasteiger partial charge in [0, 0.05) is 6.54 Å². The minimum absolute atomic E-state index is 0.675. The number of fused-ring (bicyclic) bond motifs is 2. The van der Waals surface area contributed by atoms with E-state index >= 15 is 0 Å². The van der Waals surface area contributed by atoms with Crippen LogP contribution in [0.25, 0.3) is 5.57 Å². The highest BCUT2D eigenvalue weighted by atomic mass is 14.9. The molecule has 1 unspecified atom stereocenters. The minimum Gasteiger partial charge on any atom is -0.316 e. The lowest BCUT2D eigenvalue weighted by Gasteiger charge is -2.34. The Morgan fingerprint density at radius 3 is 2.60 bits per heavy atom. The zero-order valence-electron chi connectivity index (χ0n) is 11.6. The molecule has 0 aromatic heterocycles. The van der Waals surface area contributed by atoms with E-state index in [4.69, 9.17) is 0 Å². The Labute approximate surface area is 120 Å². The summed E-state index contributed by atoms with van der Waals surface area (Å²) in [7, 11) is 0. The number of hydrogen-bond acceptors (Lipinski definition) is 1. The highest BCUT2D eigenvalue weighted by Gasteiger charge is 2.29. The van der Waals surface area contributed by atoms with Gasteiger partial charge in [0.1, 0.15) is 0 Å². The van der Waals surface area contributed by atoms with Crippen LogP contribution in [-0.4, -0.2) is 13.1 Å². The number of benzene rings is 2. The van der Waals surface area contributed by atoms with Crippen LogP contribution in [0.3, 0.4) is 0 Å². The molecule has 1 heteroatoms. The molecule has 1 aliphatic heterocycles. The predicted molar refractivity (Wildman–Crippen MR) is 83.6 cm³/mol. The molecular weight excluding hydrogens is 242 g/mol. The van der Waals surface area contributed by atoms with Gasteiger partial charge in [-0.3, -0.25) is 0 Å². The third-order valence-corrected chi connectivity index (χ3v) is 4.59. The van der Waals surface area contributed by atoms with Gasteiger partial charge in [-0.05, 0) is 47.6 Å². The molecule has 1 N–H and O–H groups in total. The van der Waals surface area contributed by atoms with E-state index in [-0.39, 0.29) is 0 Å². The van der Waals surface area contributed by atoms with Crippen LogP contribution in [0.2, 0.25) is 0 Å². The Kier molecular flexibility index (Phi) is 2.93. The molecule has 1 saturated heterocycles. The smallest absolute Gasteiger partial charge is 0.00205 e. The van der Waals surface area contributed by atoms with E-state index in [1.807, 2.05) is 0 Å². The van der Waals surface area contributed by atoms with Crippen molar-refractivity contribution < 1.29 is 0 Å². The van der Waals surface area contributed by atoms with Crippen molar-refractivity contribution in [1.82, 2.24) is 5.32 Å². The van der Waals surface area contributed by atoms with Crippen LogP contribution in [0.1, 0.15) is 23.1 Å². The summed E-state index contributed by atoms with van der Waals surface area (Å²) in [5.74, 6) is 0.675. The van der Waals surface area contributed by atoms with Crippen molar-refractivity contribution >= 4 is 5.57 Å². The Bertz CT molecular complexity index is 654. The number of piperidine rings is 1. The Balaban J connectivity index is 1.95. The monoisotopic (exact) mass is 261 g/mol. The van der Waals surface area contributed by atoms with E-state index in [0.717, 1.165) is 13.1 Å². The standard InChI is InChI=1S/C19H19N/c1-2-6-14(7-3-1)19-17-9-5-4-8-15(17)12-16-13-20-11-10-18(16)19/h1-9,16,20H,10-13H2. The van der Waals surface area contributed by atoms with Gasteiger partial charge < -0.3 is 5.32 Å². The molecule has 100 valence electrons. The molecule has 2 aromatic carbocycles. The van der Waals surface area contributed by atoms with Gasteiger partial charge in [0.15, 0.2) is 0 Å². The first-order valence-electron chi connectivity index (χ1n) is 7.51. The van der Waals surface area contributed by atoms with E-state index in [9.17, 15) is 0 Å². The van der Waals surface area contributed by atoms with Gasteiger partial charge in [-0.15, -0.1) is 0 Å². The summed E-state index contributed by atoms with van der Waals surface area (Å²) < 4.78 is 0. The average molecular weight is 261 g/mol. The number of nitrogens with one attached hydrogen (secondary N) is 1. The third-order valence-electron chi connectivity index (χ3n) is 4.59. The lowest BCUT2D eigenvalue weighted by molar-refractivity contribution is 0.466. The van der Waals surface area contributed by atoms with Gasteiger partial charge in [-0.2, -0.15) is 0 Å². The second-order valence-corrected chi connectivity index (χ2v) is 5.78. The van der Waals surface area contributed by atoms with Crippen molar-refractivity contribution in [2.24, 2.45) is 5.92 Å². The first-order valence-corrected chi connectivity index (χ1v) is 7.51. The second kappa shape index (κ2) is 4.92. The SMILES string of the molecule is c1ccc(C2=C3CCNCC3Cc3ccccc32)cc1. The van der Waals surface area contributed by atoms with E-state index < -0.39 is 0 Å².